The van der Waals surface area contributed by atoms with Crippen molar-refractivity contribution in [2.24, 2.45) is 0 Å². The number of amides is 1. The molecule has 5 nitrogen and oxygen atoms in total. The fourth-order valence-electron chi connectivity index (χ4n) is 2.45. The summed E-state index contributed by atoms with van der Waals surface area (Å²) in [7, 11) is 0. The van der Waals surface area contributed by atoms with Gasteiger partial charge in [0.25, 0.3) is 5.91 Å². The Morgan fingerprint density at radius 2 is 1.60 bits per heavy atom. The maximum atomic E-state index is 12.5. The molecule has 0 fully saturated rings. The minimum atomic E-state index is -0.263. The van der Waals surface area contributed by atoms with Crippen molar-refractivity contribution in [2.45, 2.75) is 20.8 Å². The third kappa shape index (κ3) is 3.83. The van der Waals surface area contributed by atoms with E-state index < -0.39 is 0 Å². The normalized spacial score (nSPS) is 10.4. The third-order valence-electron chi connectivity index (χ3n) is 4.13. The predicted octanol–water partition coefficient (Wildman–Crippen LogP) is 4.40. The highest BCUT2D eigenvalue weighted by atomic mass is 16.1. The van der Waals surface area contributed by atoms with Gasteiger partial charge >= 0.3 is 0 Å². The Bertz CT molecular complexity index is 921. The standard InChI is InChI=1S/C20H20N4O/c1-13-8-6-10-17(15(13)3)23-20-21-12-11-18(24-20)19(25)22-16-9-5-4-7-14(16)2/h4-12H,1-3H3,(H,22,25)(H,21,23,24). The number of carbonyl (C=O) groups is 1. The summed E-state index contributed by atoms with van der Waals surface area (Å²) >= 11 is 0. The van der Waals surface area contributed by atoms with E-state index in [4.69, 9.17) is 0 Å². The molecule has 0 aliphatic rings. The average molecular weight is 332 g/mol. The lowest BCUT2D eigenvalue weighted by Gasteiger charge is -2.11. The van der Waals surface area contributed by atoms with Gasteiger partial charge in [-0.2, -0.15) is 0 Å². The van der Waals surface area contributed by atoms with E-state index in [0.717, 1.165) is 22.5 Å². The first kappa shape index (κ1) is 16.6. The van der Waals surface area contributed by atoms with Gasteiger partial charge in [-0.3, -0.25) is 4.79 Å². The number of carbonyl (C=O) groups excluding carboxylic acids is 1. The number of benzene rings is 2. The Hall–Kier alpha value is -3.21. The molecule has 5 heteroatoms. The van der Waals surface area contributed by atoms with Crippen LogP contribution in [0.25, 0.3) is 0 Å². The summed E-state index contributed by atoms with van der Waals surface area (Å²) < 4.78 is 0. The highest BCUT2D eigenvalue weighted by molar-refractivity contribution is 6.03. The van der Waals surface area contributed by atoms with Gasteiger partial charge in [0.1, 0.15) is 5.69 Å². The van der Waals surface area contributed by atoms with Crippen LogP contribution in [0.1, 0.15) is 27.2 Å². The Morgan fingerprint density at radius 3 is 2.40 bits per heavy atom. The molecule has 0 radical (unpaired) electrons. The molecule has 0 spiro atoms. The molecule has 0 aliphatic carbocycles. The summed E-state index contributed by atoms with van der Waals surface area (Å²) in [5, 5.41) is 6.06. The van der Waals surface area contributed by atoms with Gasteiger partial charge < -0.3 is 10.6 Å². The van der Waals surface area contributed by atoms with Crippen molar-refractivity contribution in [1.29, 1.82) is 0 Å². The Balaban J connectivity index is 1.80. The van der Waals surface area contributed by atoms with Gasteiger partial charge in [-0.25, -0.2) is 9.97 Å². The van der Waals surface area contributed by atoms with Crippen LogP contribution in [-0.4, -0.2) is 15.9 Å². The van der Waals surface area contributed by atoms with E-state index in [1.54, 1.807) is 12.3 Å². The lowest BCUT2D eigenvalue weighted by atomic mass is 10.1. The van der Waals surface area contributed by atoms with Crippen LogP contribution < -0.4 is 10.6 Å². The zero-order valence-electron chi connectivity index (χ0n) is 14.5. The molecule has 0 unspecified atom stereocenters. The molecule has 25 heavy (non-hydrogen) atoms. The molecule has 2 aromatic carbocycles. The van der Waals surface area contributed by atoms with Crippen LogP contribution >= 0.6 is 0 Å². The first-order valence-corrected chi connectivity index (χ1v) is 8.08. The van der Waals surface area contributed by atoms with Crippen molar-refractivity contribution in [3.05, 3.63) is 77.1 Å². The topological polar surface area (TPSA) is 66.9 Å². The molecule has 1 aromatic heterocycles. The Kier molecular flexibility index (Phi) is 4.75. The maximum absolute atomic E-state index is 12.5. The van der Waals surface area contributed by atoms with Crippen LogP contribution in [-0.2, 0) is 0 Å². The summed E-state index contributed by atoms with van der Waals surface area (Å²) in [5.41, 5.74) is 5.32. The molecule has 126 valence electrons. The zero-order chi connectivity index (χ0) is 17.8. The van der Waals surface area contributed by atoms with E-state index >= 15 is 0 Å². The zero-order valence-corrected chi connectivity index (χ0v) is 14.5. The molecule has 3 rings (SSSR count). The first-order valence-electron chi connectivity index (χ1n) is 8.08. The summed E-state index contributed by atoms with van der Waals surface area (Å²) in [4.78, 5) is 21.0. The minimum Gasteiger partial charge on any atom is -0.324 e. The highest BCUT2D eigenvalue weighted by Gasteiger charge is 2.11. The molecule has 3 aromatic rings. The molecular formula is C20H20N4O. The fourth-order valence-corrected chi connectivity index (χ4v) is 2.45. The van der Waals surface area contributed by atoms with Crippen LogP contribution in [0.3, 0.4) is 0 Å². The molecule has 2 N–H and O–H groups in total. The van der Waals surface area contributed by atoms with Gasteiger partial charge in [-0.1, -0.05) is 30.3 Å². The van der Waals surface area contributed by atoms with Crippen LogP contribution in [0.2, 0.25) is 0 Å². The van der Waals surface area contributed by atoms with Crippen molar-refractivity contribution in [1.82, 2.24) is 9.97 Å². The molecule has 0 saturated heterocycles. The van der Waals surface area contributed by atoms with E-state index in [1.165, 1.54) is 5.56 Å². The van der Waals surface area contributed by atoms with Crippen molar-refractivity contribution in [3.8, 4) is 0 Å². The Morgan fingerprint density at radius 1 is 0.880 bits per heavy atom. The van der Waals surface area contributed by atoms with E-state index in [2.05, 4.69) is 20.6 Å². The van der Waals surface area contributed by atoms with E-state index in [1.807, 2.05) is 63.2 Å². The number of anilines is 3. The smallest absolute Gasteiger partial charge is 0.274 e. The minimum absolute atomic E-state index is 0.263. The molecule has 1 heterocycles. The van der Waals surface area contributed by atoms with Gasteiger partial charge in [-0.15, -0.1) is 0 Å². The predicted molar refractivity (Wildman–Crippen MR) is 100 cm³/mol. The fraction of sp³-hybridized carbons (Fsp3) is 0.150. The van der Waals surface area contributed by atoms with Crippen LogP contribution in [0, 0.1) is 20.8 Å². The van der Waals surface area contributed by atoms with Gasteiger partial charge in [0.2, 0.25) is 5.95 Å². The van der Waals surface area contributed by atoms with E-state index in [-0.39, 0.29) is 5.91 Å². The molecule has 0 aliphatic heterocycles. The Labute approximate surface area is 147 Å². The number of para-hydroxylation sites is 1. The summed E-state index contributed by atoms with van der Waals surface area (Å²) in [6.07, 6.45) is 1.58. The van der Waals surface area contributed by atoms with Crippen molar-refractivity contribution >= 4 is 23.2 Å². The average Bonchev–Trinajstić information content (AvgIpc) is 2.61. The van der Waals surface area contributed by atoms with Crippen LogP contribution in [0.4, 0.5) is 17.3 Å². The van der Waals surface area contributed by atoms with Crippen molar-refractivity contribution in [2.75, 3.05) is 10.6 Å². The van der Waals surface area contributed by atoms with Crippen molar-refractivity contribution in [3.63, 3.8) is 0 Å². The van der Waals surface area contributed by atoms with Crippen molar-refractivity contribution < 1.29 is 4.79 Å². The molecule has 0 saturated carbocycles. The van der Waals surface area contributed by atoms with E-state index in [9.17, 15) is 4.79 Å². The number of nitrogens with one attached hydrogen (secondary N) is 2. The molecule has 1 amide bonds. The van der Waals surface area contributed by atoms with Crippen LogP contribution in [0.5, 0.6) is 0 Å². The quantitative estimate of drug-likeness (QED) is 0.743. The lowest BCUT2D eigenvalue weighted by molar-refractivity contribution is 0.102. The second-order valence-electron chi connectivity index (χ2n) is 5.91. The van der Waals surface area contributed by atoms with E-state index in [0.29, 0.717) is 11.6 Å². The molecule has 0 atom stereocenters. The number of hydrogen-bond donors (Lipinski definition) is 2. The van der Waals surface area contributed by atoms with Gasteiger partial charge in [0, 0.05) is 17.6 Å². The lowest BCUT2D eigenvalue weighted by Crippen LogP contribution is -2.15. The number of hydrogen-bond acceptors (Lipinski definition) is 4. The molecular weight excluding hydrogens is 312 g/mol. The van der Waals surface area contributed by atoms with Crippen LogP contribution in [0.15, 0.2) is 54.7 Å². The first-order chi connectivity index (χ1) is 12.0. The largest absolute Gasteiger partial charge is 0.324 e. The number of aromatic nitrogens is 2. The number of nitrogens with zero attached hydrogens (tertiary/aromatic N) is 2. The summed E-state index contributed by atoms with van der Waals surface area (Å²) in [6.45, 7) is 6.03. The second-order valence-corrected chi connectivity index (χ2v) is 5.91. The number of aryl methyl sites for hydroxylation is 2. The SMILES string of the molecule is Cc1ccccc1NC(=O)c1ccnc(Nc2cccc(C)c2C)n1. The van der Waals surface area contributed by atoms with Gasteiger partial charge in [0.05, 0.1) is 0 Å². The molecule has 0 bridgehead atoms. The second kappa shape index (κ2) is 7.13. The van der Waals surface area contributed by atoms with Gasteiger partial charge in [0.15, 0.2) is 0 Å². The summed E-state index contributed by atoms with van der Waals surface area (Å²) in [5.74, 6) is 0.131. The maximum Gasteiger partial charge on any atom is 0.274 e. The number of rotatable bonds is 4. The summed E-state index contributed by atoms with van der Waals surface area (Å²) in [6, 6.07) is 15.2. The third-order valence-corrected chi connectivity index (χ3v) is 4.13. The van der Waals surface area contributed by atoms with Gasteiger partial charge in [-0.05, 0) is 55.7 Å². The monoisotopic (exact) mass is 332 g/mol. The highest BCUT2D eigenvalue weighted by Crippen LogP contribution is 2.21.